The third-order valence-corrected chi connectivity index (χ3v) is 6.48. The highest BCUT2D eigenvalue weighted by Gasteiger charge is 2.47. The number of amides is 1. The first-order valence-electron chi connectivity index (χ1n) is 11.9. The number of pyridine rings is 1. The summed E-state index contributed by atoms with van der Waals surface area (Å²) in [6.07, 6.45) is 2.39. The molecule has 0 unspecified atom stereocenters. The van der Waals surface area contributed by atoms with Crippen molar-refractivity contribution >= 4 is 23.1 Å². The summed E-state index contributed by atoms with van der Waals surface area (Å²) in [6.45, 7) is 2.79. The molecule has 1 N–H and O–H groups in total. The first-order chi connectivity index (χ1) is 17.7. The van der Waals surface area contributed by atoms with Crippen molar-refractivity contribution in [3.05, 3.63) is 59.1 Å². The number of rotatable bonds is 9. The van der Waals surface area contributed by atoms with Gasteiger partial charge in [0, 0.05) is 12.7 Å². The number of Topliss-reactive ketones (excluding diaryl/α,β-unsaturated/α-hetero) is 1. The number of aryl methyl sites for hydroxylation is 1. The zero-order chi connectivity index (χ0) is 26.9. The van der Waals surface area contributed by atoms with Crippen LogP contribution in [-0.4, -0.2) is 84.5 Å². The Morgan fingerprint density at radius 1 is 1.08 bits per heavy atom. The number of aliphatic hydroxyl groups is 1. The van der Waals surface area contributed by atoms with Crippen LogP contribution < -0.4 is 14.2 Å². The fraction of sp³-hybridized carbons (Fsp3) is 0.370. The highest BCUT2D eigenvalue weighted by atomic mass is 16.5. The normalized spacial score (nSPS) is 17.2. The van der Waals surface area contributed by atoms with Crippen molar-refractivity contribution in [1.29, 1.82) is 0 Å². The Labute approximate surface area is 215 Å². The van der Waals surface area contributed by atoms with Gasteiger partial charge in [-0.3, -0.25) is 14.0 Å². The molecule has 0 aliphatic carbocycles. The molecular weight excluding hydrogens is 476 g/mol. The number of hydrogen-bond donors (Lipinski definition) is 1. The Morgan fingerprint density at radius 2 is 1.76 bits per heavy atom. The minimum atomic E-state index is -0.871. The van der Waals surface area contributed by atoms with Gasteiger partial charge in [0.05, 0.1) is 38.6 Å². The van der Waals surface area contributed by atoms with Crippen molar-refractivity contribution < 1.29 is 28.9 Å². The average Bonchev–Trinajstić information content (AvgIpc) is 3.35. The van der Waals surface area contributed by atoms with Crippen molar-refractivity contribution in [2.75, 3.05) is 48.5 Å². The van der Waals surface area contributed by atoms with Gasteiger partial charge in [-0.05, 0) is 63.8 Å². The van der Waals surface area contributed by atoms with E-state index in [1.54, 1.807) is 41.8 Å². The number of methoxy groups -OCH3 is 3. The maximum atomic E-state index is 13.5. The van der Waals surface area contributed by atoms with Crippen LogP contribution in [0.3, 0.4) is 0 Å². The zero-order valence-corrected chi connectivity index (χ0v) is 21.9. The average molecular weight is 509 g/mol. The number of hydrogen-bond acceptors (Lipinski definition) is 8. The van der Waals surface area contributed by atoms with E-state index in [1.807, 2.05) is 25.1 Å². The lowest BCUT2D eigenvalue weighted by atomic mass is 9.95. The number of nitrogens with zero attached hydrogens (tertiary/aromatic N) is 4. The molecular formula is C27H32N4O6. The van der Waals surface area contributed by atoms with Crippen LogP contribution in [0, 0.1) is 6.92 Å². The van der Waals surface area contributed by atoms with Crippen LogP contribution in [-0.2, 0) is 9.59 Å². The lowest BCUT2D eigenvalue weighted by Crippen LogP contribution is -2.32. The van der Waals surface area contributed by atoms with Gasteiger partial charge in [0.2, 0.25) is 5.75 Å². The smallest absolute Gasteiger partial charge is 0.295 e. The SMILES string of the molecule is COc1cc([C@H]2C(=C(O)c3c(C)nc4ccccn34)C(=O)C(=O)N2CCCN(C)C)cc(OC)c1OC. The fourth-order valence-corrected chi connectivity index (χ4v) is 4.80. The Bertz CT molecular complexity index is 1350. The predicted octanol–water partition coefficient (Wildman–Crippen LogP) is 3.04. The van der Waals surface area contributed by atoms with Crippen LogP contribution in [0.25, 0.3) is 11.4 Å². The van der Waals surface area contributed by atoms with Crippen LogP contribution in [0.2, 0.25) is 0 Å². The molecule has 0 bridgehead atoms. The highest BCUT2D eigenvalue weighted by Crippen LogP contribution is 2.46. The Balaban J connectivity index is 1.95. The molecule has 3 heterocycles. The molecule has 0 radical (unpaired) electrons. The first-order valence-corrected chi connectivity index (χ1v) is 11.9. The molecule has 37 heavy (non-hydrogen) atoms. The van der Waals surface area contributed by atoms with Crippen LogP contribution in [0.1, 0.15) is 29.4 Å². The van der Waals surface area contributed by atoms with E-state index in [2.05, 4.69) is 4.98 Å². The van der Waals surface area contributed by atoms with Crippen LogP contribution in [0.15, 0.2) is 42.1 Å². The van der Waals surface area contributed by atoms with Gasteiger partial charge in [0.15, 0.2) is 17.3 Å². The van der Waals surface area contributed by atoms with Crippen LogP contribution in [0.4, 0.5) is 0 Å². The predicted molar refractivity (Wildman–Crippen MR) is 138 cm³/mol. The largest absolute Gasteiger partial charge is 0.505 e. The van der Waals surface area contributed by atoms with Crippen LogP contribution in [0.5, 0.6) is 17.2 Å². The quantitative estimate of drug-likeness (QED) is 0.267. The number of ether oxygens (including phenoxy) is 3. The number of imidazole rings is 1. The summed E-state index contributed by atoms with van der Waals surface area (Å²) >= 11 is 0. The van der Waals surface area contributed by atoms with E-state index in [9.17, 15) is 14.7 Å². The van der Waals surface area contributed by atoms with Gasteiger partial charge in [0.25, 0.3) is 11.7 Å². The Morgan fingerprint density at radius 3 is 2.35 bits per heavy atom. The van der Waals surface area contributed by atoms with Crippen molar-refractivity contribution in [2.45, 2.75) is 19.4 Å². The molecule has 0 saturated carbocycles. The summed E-state index contributed by atoms with van der Waals surface area (Å²) in [5.74, 6) is -0.584. The molecule has 196 valence electrons. The molecule has 2 aromatic heterocycles. The van der Waals surface area contributed by atoms with E-state index in [-0.39, 0.29) is 11.3 Å². The van der Waals surface area contributed by atoms with Gasteiger partial charge in [-0.1, -0.05) is 6.07 Å². The molecule has 3 aromatic rings. The summed E-state index contributed by atoms with van der Waals surface area (Å²) in [5.41, 5.74) is 2.04. The minimum Gasteiger partial charge on any atom is -0.505 e. The van der Waals surface area contributed by atoms with E-state index < -0.39 is 17.7 Å². The second-order valence-corrected chi connectivity index (χ2v) is 9.08. The molecule has 4 rings (SSSR count). The van der Waals surface area contributed by atoms with Gasteiger partial charge in [-0.2, -0.15) is 0 Å². The molecule has 1 aliphatic heterocycles. The summed E-state index contributed by atoms with van der Waals surface area (Å²) in [5, 5.41) is 11.6. The lowest BCUT2D eigenvalue weighted by molar-refractivity contribution is -0.139. The number of carbonyl (C=O) groups excluding carboxylic acids is 2. The minimum absolute atomic E-state index is 0.0159. The standard InChI is InChI=1S/C27H32N4O6/c1-16-22(30-12-8-7-10-20(30)28-16)24(32)21-23(31(27(34)25(21)33)13-9-11-29(2)3)17-14-18(35-4)26(37-6)19(15-17)36-5/h7-8,10,12,14-15,23,32H,9,11,13H2,1-6H3/t23-/m0/s1. The molecule has 1 aromatic carbocycles. The Kier molecular flexibility index (Phi) is 7.40. The van der Waals surface area contributed by atoms with Crippen molar-refractivity contribution in [3.8, 4) is 17.2 Å². The van der Waals surface area contributed by atoms with Gasteiger partial charge in [-0.15, -0.1) is 0 Å². The fourth-order valence-electron chi connectivity index (χ4n) is 4.80. The topological polar surface area (TPSA) is 106 Å². The number of aromatic nitrogens is 2. The summed E-state index contributed by atoms with van der Waals surface area (Å²) in [4.78, 5) is 34.8. The maximum Gasteiger partial charge on any atom is 0.295 e. The summed E-state index contributed by atoms with van der Waals surface area (Å²) in [7, 11) is 8.38. The van der Waals surface area contributed by atoms with Crippen molar-refractivity contribution in [2.24, 2.45) is 0 Å². The second-order valence-electron chi connectivity index (χ2n) is 9.08. The number of fused-ring (bicyclic) bond motifs is 1. The molecule has 1 fully saturated rings. The molecule has 1 aliphatic rings. The number of ketones is 1. The molecule has 1 saturated heterocycles. The van der Waals surface area contributed by atoms with Crippen molar-refractivity contribution in [1.82, 2.24) is 19.2 Å². The number of aliphatic hydroxyl groups excluding tert-OH is 1. The van der Waals surface area contributed by atoms with E-state index in [4.69, 9.17) is 14.2 Å². The monoisotopic (exact) mass is 508 g/mol. The van der Waals surface area contributed by atoms with Gasteiger partial charge < -0.3 is 29.1 Å². The number of likely N-dealkylation sites (tertiary alicyclic amines) is 1. The van der Waals surface area contributed by atoms with E-state index in [0.717, 1.165) is 6.54 Å². The third kappa shape index (κ3) is 4.60. The first kappa shape index (κ1) is 26.0. The van der Waals surface area contributed by atoms with Crippen molar-refractivity contribution in [3.63, 3.8) is 0 Å². The lowest BCUT2D eigenvalue weighted by Gasteiger charge is -2.27. The molecule has 10 nitrogen and oxygen atoms in total. The van der Waals surface area contributed by atoms with E-state index >= 15 is 0 Å². The summed E-state index contributed by atoms with van der Waals surface area (Å²) in [6, 6.07) is 7.98. The molecule has 1 amide bonds. The third-order valence-electron chi connectivity index (χ3n) is 6.48. The second kappa shape index (κ2) is 10.5. The van der Waals surface area contributed by atoms with E-state index in [0.29, 0.717) is 52.8 Å². The van der Waals surface area contributed by atoms with Gasteiger partial charge in [0.1, 0.15) is 11.3 Å². The summed E-state index contributed by atoms with van der Waals surface area (Å²) < 4.78 is 18.2. The number of carbonyl (C=O) groups is 2. The Hall–Kier alpha value is -4.05. The molecule has 1 atom stereocenters. The molecule has 10 heteroatoms. The zero-order valence-electron chi connectivity index (χ0n) is 21.9. The van der Waals surface area contributed by atoms with Gasteiger partial charge >= 0.3 is 0 Å². The van der Waals surface area contributed by atoms with Gasteiger partial charge in [-0.25, -0.2) is 4.98 Å². The van der Waals surface area contributed by atoms with E-state index in [1.165, 1.54) is 26.2 Å². The van der Waals surface area contributed by atoms with Crippen LogP contribution >= 0.6 is 0 Å². The number of benzene rings is 1. The molecule has 0 spiro atoms. The maximum absolute atomic E-state index is 13.5. The highest BCUT2D eigenvalue weighted by molar-refractivity contribution is 6.46.